The molecule has 1 aromatic heterocycles. The van der Waals surface area contributed by atoms with E-state index in [2.05, 4.69) is 69.4 Å². The molecule has 1 saturated heterocycles. The Hall–Kier alpha value is -1.97. The third-order valence-electron chi connectivity index (χ3n) is 4.09. The Morgan fingerprint density at radius 2 is 1.55 bits per heavy atom. The Balaban J connectivity index is 1.41. The van der Waals surface area contributed by atoms with E-state index in [1.807, 2.05) is 12.4 Å². The van der Waals surface area contributed by atoms with E-state index in [0.29, 0.717) is 0 Å². The lowest BCUT2D eigenvalue weighted by atomic mass is 10.2. The van der Waals surface area contributed by atoms with Crippen molar-refractivity contribution in [3.63, 3.8) is 0 Å². The molecule has 0 atom stereocenters. The fourth-order valence-electron chi connectivity index (χ4n) is 2.78. The molecule has 0 N–H and O–H groups in total. The van der Waals surface area contributed by atoms with Crippen LogP contribution in [0.2, 0.25) is 0 Å². The van der Waals surface area contributed by atoms with E-state index < -0.39 is 0 Å². The smallest absolute Gasteiger partial charge is 0.0271 e. The molecule has 0 saturated carbocycles. The Labute approximate surface area is 132 Å². The van der Waals surface area contributed by atoms with Gasteiger partial charge in [0.05, 0.1) is 0 Å². The Kier molecular flexibility index (Phi) is 5.35. The first kappa shape index (κ1) is 14.9. The van der Waals surface area contributed by atoms with Crippen molar-refractivity contribution in [3.05, 3.63) is 72.1 Å². The van der Waals surface area contributed by atoms with Crippen LogP contribution in [0.25, 0.3) is 6.08 Å². The van der Waals surface area contributed by atoms with Crippen LogP contribution < -0.4 is 0 Å². The average Bonchev–Trinajstić information content (AvgIpc) is 2.58. The number of nitrogens with zero attached hydrogens (tertiary/aromatic N) is 3. The zero-order valence-electron chi connectivity index (χ0n) is 12.9. The molecule has 2 heterocycles. The van der Waals surface area contributed by atoms with Crippen molar-refractivity contribution in [1.29, 1.82) is 0 Å². The maximum atomic E-state index is 4.07. The van der Waals surface area contributed by atoms with Gasteiger partial charge in [0.25, 0.3) is 0 Å². The molecule has 2 aromatic rings. The van der Waals surface area contributed by atoms with E-state index in [1.165, 1.54) is 11.1 Å². The van der Waals surface area contributed by atoms with Crippen LogP contribution in [0.4, 0.5) is 0 Å². The van der Waals surface area contributed by atoms with E-state index in [0.717, 1.165) is 39.3 Å². The second-order valence-electron chi connectivity index (χ2n) is 5.75. The minimum atomic E-state index is 1.04. The quantitative estimate of drug-likeness (QED) is 0.845. The van der Waals surface area contributed by atoms with Gasteiger partial charge in [0.1, 0.15) is 0 Å². The summed E-state index contributed by atoms with van der Waals surface area (Å²) >= 11 is 0. The molecule has 0 unspecified atom stereocenters. The number of aromatic nitrogens is 1. The van der Waals surface area contributed by atoms with Gasteiger partial charge in [-0.1, -0.05) is 42.5 Å². The number of benzene rings is 1. The molecule has 3 nitrogen and oxygen atoms in total. The van der Waals surface area contributed by atoms with Crippen molar-refractivity contribution in [2.75, 3.05) is 32.7 Å². The first-order valence-electron chi connectivity index (χ1n) is 7.95. The second kappa shape index (κ2) is 7.87. The van der Waals surface area contributed by atoms with Crippen LogP contribution in [-0.2, 0) is 6.54 Å². The van der Waals surface area contributed by atoms with Gasteiger partial charge in [-0.3, -0.25) is 14.8 Å². The highest BCUT2D eigenvalue weighted by Gasteiger charge is 2.15. The summed E-state index contributed by atoms with van der Waals surface area (Å²) in [4.78, 5) is 9.11. The van der Waals surface area contributed by atoms with Crippen LogP contribution in [0, 0.1) is 0 Å². The van der Waals surface area contributed by atoms with E-state index in [1.54, 1.807) is 0 Å². The van der Waals surface area contributed by atoms with Crippen molar-refractivity contribution in [2.24, 2.45) is 0 Å². The Morgan fingerprint density at radius 1 is 0.864 bits per heavy atom. The maximum Gasteiger partial charge on any atom is 0.0271 e. The molecule has 0 aliphatic carbocycles. The minimum Gasteiger partial charge on any atom is -0.297 e. The molecule has 3 rings (SSSR count). The molecular weight excluding hydrogens is 270 g/mol. The van der Waals surface area contributed by atoms with Gasteiger partial charge in [-0.2, -0.15) is 0 Å². The molecule has 1 fully saturated rings. The molecule has 0 spiro atoms. The van der Waals surface area contributed by atoms with Crippen molar-refractivity contribution < 1.29 is 0 Å². The third-order valence-corrected chi connectivity index (χ3v) is 4.09. The predicted molar refractivity (Wildman–Crippen MR) is 91.4 cm³/mol. The van der Waals surface area contributed by atoms with E-state index in [-0.39, 0.29) is 0 Å². The van der Waals surface area contributed by atoms with Crippen LogP contribution >= 0.6 is 0 Å². The largest absolute Gasteiger partial charge is 0.297 e. The van der Waals surface area contributed by atoms with Crippen molar-refractivity contribution in [1.82, 2.24) is 14.8 Å². The van der Waals surface area contributed by atoms with Crippen LogP contribution in [0.15, 0.2) is 60.9 Å². The highest BCUT2D eigenvalue weighted by Crippen LogP contribution is 2.08. The highest BCUT2D eigenvalue weighted by molar-refractivity contribution is 5.48. The summed E-state index contributed by atoms with van der Waals surface area (Å²) in [6.45, 7) is 6.64. The molecule has 22 heavy (non-hydrogen) atoms. The van der Waals surface area contributed by atoms with Crippen molar-refractivity contribution in [3.8, 4) is 0 Å². The standard InChI is InChI=1S/C19H23N3/c1-2-5-18(6-3-1)7-4-12-21-13-15-22(16-14-21)17-19-8-10-20-11-9-19/h1-11H,12-17H2. The third kappa shape index (κ3) is 4.52. The van der Waals surface area contributed by atoms with Gasteiger partial charge >= 0.3 is 0 Å². The lowest BCUT2D eigenvalue weighted by molar-refractivity contribution is 0.137. The maximum absolute atomic E-state index is 4.07. The van der Waals surface area contributed by atoms with E-state index >= 15 is 0 Å². The number of piperazine rings is 1. The van der Waals surface area contributed by atoms with Gasteiger partial charge < -0.3 is 0 Å². The predicted octanol–water partition coefficient (Wildman–Crippen LogP) is 2.91. The molecule has 1 aliphatic heterocycles. The number of rotatable bonds is 5. The molecule has 0 amide bonds. The topological polar surface area (TPSA) is 19.4 Å². The monoisotopic (exact) mass is 293 g/mol. The number of hydrogen-bond acceptors (Lipinski definition) is 3. The lowest BCUT2D eigenvalue weighted by Crippen LogP contribution is -2.45. The summed E-state index contributed by atoms with van der Waals surface area (Å²) in [5, 5.41) is 0. The molecular formula is C19H23N3. The number of pyridine rings is 1. The average molecular weight is 293 g/mol. The lowest BCUT2D eigenvalue weighted by Gasteiger charge is -2.34. The summed E-state index contributed by atoms with van der Waals surface area (Å²) in [5.74, 6) is 0. The van der Waals surface area contributed by atoms with Gasteiger partial charge in [-0.05, 0) is 23.3 Å². The van der Waals surface area contributed by atoms with Crippen LogP contribution in [0.5, 0.6) is 0 Å². The summed E-state index contributed by atoms with van der Waals surface area (Å²) in [7, 11) is 0. The Morgan fingerprint density at radius 3 is 2.27 bits per heavy atom. The molecule has 1 aromatic carbocycles. The summed E-state index contributed by atoms with van der Waals surface area (Å²) in [6, 6.07) is 14.7. The molecule has 1 aliphatic rings. The molecule has 3 heteroatoms. The van der Waals surface area contributed by atoms with Crippen LogP contribution in [-0.4, -0.2) is 47.5 Å². The SMILES string of the molecule is C(=Cc1ccccc1)CN1CCN(Cc2ccncc2)CC1. The van der Waals surface area contributed by atoms with Crippen LogP contribution in [0.3, 0.4) is 0 Å². The van der Waals surface area contributed by atoms with Gasteiger partial charge in [0, 0.05) is 51.7 Å². The fraction of sp³-hybridized carbons (Fsp3) is 0.316. The van der Waals surface area contributed by atoms with Gasteiger partial charge in [-0.25, -0.2) is 0 Å². The van der Waals surface area contributed by atoms with Crippen molar-refractivity contribution >= 4 is 6.08 Å². The van der Waals surface area contributed by atoms with Gasteiger partial charge in [0.2, 0.25) is 0 Å². The van der Waals surface area contributed by atoms with Gasteiger partial charge in [0.15, 0.2) is 0 Å². The normalized spacial score (nSPS) is 17.1. The minimum absolute atomic E-state index is 1.04. The van der Waals surface area contributed by atoms with Crippen molar-refractivity contribution in [2.45, 2.75) is 6.54 Å². The fourth-order valence-corrected chi connectivity index (χ4v) is 2.78. The second-order valence-corrected chi connectivity index (χ2v) is 5.75. The zero-order valence-corrected chi connectivity index (χ0v) is 12.9. The first-order valence-corrected chi connectivity index (χ1v) is 7.95. The van der Waals surface area contributed by atoms with Crippen LogP contribution in [0.1, 0.15) is 11.1 Å². The number of hydrogen-bond donors (Lipinski definition) is 0. The van der Waals surface area contributed by atoms with E-state index in [4.69, 9.17) is 0 Å². The van der Waals surface area contributed by atoms with Gasteiger partial charge in [-0.15, -0.1) is 0 Å². The Bertz CT molecular complexity index is 572. The molecule has 0 radical (unpaired) electrons. The summed E-state index contributed by atoms with van der Waals surface area (Å²) in [6.07, 6.45) is 8.23. The molecule has 114 valence electrons. The highest BCUT2D eigenvalue weighted by atomic mass is 15.3. The zero-order chi connectivity index (χ0) is 15.0. The molecule has 0 bridgehead atoms. The summed E-state index contributed by atoms with van der Waals surface area (Å²) < 4.78 is 0. The summed E-state index contributed by atoms with van der Waals surface area (Å²) in [5.41, 5.74) is 2.63. The first-order chi connectivity index (χ1) is 10.9. The van der Waals surface area contributed by atoms with E-state index in [9.17, 15) is 0 Å².